The van der Waals surface area contributed by atoms with Crippen molar-refractivity contribution in [2.24, 2.45) is 5.73 Å². The van der Waals surface area contributed by atoms with Crippen LogP contribution in [0.5, 0.6) is 0 Å². The van der Waals surface area contributed by atoms with E-state index in [-0.39, 0.29) is 18.1 Å². The van der Waals surface area contributed by atoms with E-state index in [1.165, 1.54) is 0 Å². The molecule has 0 aliphatic carbocycles. The van der Waals surface area contributed by atoms with Crippen LogP contribution in [0.1, 0.15) is 31.4 Å². The maximum absolute atomic E-state index is 11.9. The number of hydrogen-bond donors (Lipinski definition) is 2. The van der Waals surface area contributed by atoms with Crippen LogP contribution >= 0.6 is 0 Å². The van der Waals surface area contributed by atoms with Crippen molar-refractivity contribution in [1.82, 2.24) is 4.90 Å². The summed E-state index contributed by atoms with van der Waals surface area (Å²) < 4.78 is 0. The van der Waals surface area contributed by atoms with Crippen LogP contribution in [0.4, 0.5) is 0 Å². The largest absolute Gasteiger partial charge is 0.393 e. The second-order valence-corrected chi connectivity index (χ2v) is 4.67. The van der Waals surface area contributed by atoms with E-state index in [1.54, 1.807) is 18.9 Å². The first kappa shape index (κ1) is 14.7. The van der Waals surface area contributed by atoms with E-state index in [0.717, 1.165) is 5.56 Å². The standard InChI is InChI=1S/C14H22N2O2/c1-11(17)8-9-16(2)14(18)10-13(15)12-6-4-3-5-7-12/h3-7,11,13,17H,8-10,15H2,1-2H3. The van der Waals surface area contributed by atoms with E-state index in [0.29, 0.717) is 19.4 Å². The zero-order chi connectivity index (χ0) is 13.5. The summed E-state index contributed by atoms with van der Waals surface area (Å²) in [5.74, 6) is 0.00648. The average molecular weight is 250 g/mol. The number of carbonyl (C=O) groups is 1. The van der Waals surface area contributed by atoms with Gasteiger partial charge in [0, 0.05) is 26.1 Å². The molecular formula is C14H22N2O2. The van der Waals surface area contributed by atoms with E-state index in [2.05, 4.69) is 0 Å². The molecule has 4 nitrogen and oxygen atoms in total. The van der Waals surface area contributed by atoms with Crippen LogP contribution in [0.15, 0.2) is 30.3 Å². The number of aliphatic hydroxyl groups is 1. The number of hydrogen-bond acceptors (Lipinski definition) is 3. The van der Waals surface area contributed by atoms with Crippen molar-refractivity contribution in [3.8, 4) is 0 Å². The SMILES string of the molecule is CC(O)CCN(C)C(=O)CC(N)c1ccccc1. The highest BCUT2D eigenvalue weighted by Crippen LogP contribution is 2.14. The van der Waals surface area contributed by atoms with E-state index >= 15 is 0 Å². The summed E-state index contributed by atoms with van der Waals surface area (Å²) in [5.41, 5.74) is 6.96. The van der Waals surface area contributed by atoms with Gasteiger partial charge in [-0.3, -0.25) is 4.79 Å². The third-order valence-electron chi connectivity index (χ3n) is 2.93. The fourth-order valence-corrected chi connectivity index (χ4v) is 1.67. The molecule has 0 spiro atoms. The van der Waals surface area contributed by atoms with Crippen molar-refractivity contribution in [2.75, 3.05) is 13.6 Å². The van der Waals surface area contributed by atoms with Crippen LogP contribution in [-0.4, -0.2) is 35.6 Å². The molecule has 3 N–H and O–H groups in total. The Morgan fingerprint density at radius 3 is 2.56 bits per heavy atom. The number of nitrogens with zero attached hydrogens (tertiary/aromatic N) is 1. The molecule has 4 heteroatoms. The summed E-state index contributed by atoms with van der Waals surface area (Å²) in [6.07, 6.45) is 0.492. The lowest BCUT2D eigenvalue weighted by Crippen LogP contribution is -2.31. The summed E-state index contributed by atoms with van der Waals surface area (Å²) in [4.78, 5) is 13.5. The van der Waals surface area contributed by atoms with E-state index in [9.17, 15) is 9.90 Å². The lowest BCUT2D eigenvalue weighted by Gasteiger charge is -2.20. The lowest BCUT2D eigenvalue weighted by molar-refractivity contribution is -0.130. The number of rotatable bonds is 6. The third-order valence-corrected chi connectivity index (χ3v) is 2.93. The van der Waals surface area contributed by atoms with Gasteiger partial charge in [0.1, 0.15) is 0 Å². The highest BCUT2D eigenvalue weighted by molar-refractivity contribution is 5.76. The van der Waals surface area contributed by atoms with Gasteiger partial charge in [-0.25, -0.2) is 0 Å². The van der Waals surface area contributed by atoms with Crippen LogP contribution in [0.3, 0.4) is 0 Å². The highest BCUT2D eigenvalue weighted by atomic mass is 16.3. The Morgan fingerprint density at radius 1 is 1.39 bits per heavy atom. The van der Waals surface area contributed by atoms with Crippen LogP contribution < -0.4 is 5.73 Å². The highest BCUT2D eigenvalue weighted by Gasteiger charge is 2.15. The molecule has 2 atom stereocenters. The minimum absolute atomic E-state index is 0.00648. The zero-order valence-electron chi connectivity index (χ0n) is 11.0. The zero-order valence-corrected chi connectivity index (χ0v) is 11.0. The Kier molecular flexibility index (Phi) is 5.82. The molecule has 18 heavy (non-hydrogen) atoms. The fraction of sp³-hybridized carbons (Fsp3) is 0.500. The lowest BCUT2D eigenvalue weighted by atomic mass is 10.0. The summed E-state index contributed by atoms with van der Waals surface area (Å²) in [6.45, 7) is 2.27. The Morgan fingerprint density at radius 2 is 2.00 bits per heavy atom. The van der Waals surface area contributed by atoms with Crippen molar-refractivity contribution in [2.45, 2.75) is 31.9 Å². The fourth-order valence-electron chi connectivity index (χ4n) is 1.67. The summed E-state index contributed by atoms with van der Waals surface area (Å²) in [6, 6.07) is 9.33. The molecule has 1 rings (SSSR count). The molecule has 0 saturated heterocycles. The number of carbonyl (C=O) groups excluding carboxylic acids is 1. The van der Waals surface area contributed by atoms with Gasteiger partial charge in [-0.2, -0.15) is 0 Å². The smallest absolute Gasteiger partial charge is 0.224 e. The second-order valence-electron chi connectivity index (χ2n) is 4.67. The van der Waals surface area contributed by atoms with Crippen LogP contribution in [0.2, 0.25) is 0 Å². The monoisotopic (exact) mass is 250 g/mol. The first-order valence-corrected chi connectivity index (χ1v) is 6.23. The Labute approximate surface area is 108 Å². The van der Waals surface area contributed by atoms with Crippen molar-refractivity contribution in [1.29, 1.82) is 0 Å². The molecule has 0 radical (unpaired) electrons. The quantitative estimate of drug-likeness (QED) is 0.800. The van der Waals surface area contributed by atoms with Gasteiger partial charge >= 0.3 is 0 Å². The second kappa shape index (κ2) is 7.13. The van der Waals surface area contributed by atoms with Crippen LogP contribution in [-0.2, 0) is 4.79 Å². The first-order chi connectivity index (χ1) is 8.50. The summed E-state index contributed by atoms with van der Waals surface area (Å²) >= 11 is 0. The topological polar surface area (TPSA) is 66.6 Å². The maximum atomic E-state index is 11.9. The summed E-state index contributed by atoms with van der Waals surface area (Å²) in [5, 5.41) is 9.18. The van der Waals surface area contributed by atoms with E-state index in [1.807, 2.05) is 30.3 Å². The van der Waals surface area contributed by atoms with Gasteiger partial charge in [-0.1, -0.05) is 30.3 Å². The van der Waals surface area contributed by atoms with Gasteiger partial charge in [0.25, 0.3) is 0 Å². The molecule has 0 bridgehead atoms. The molecule has 0 heterocycles. The third kappa shape index (κ3) is 4.85. The molecule has 0 saturated carbocycles. The van der Waals surface area contributed by atoms with Gasteiger partial charge in [0.15, 0.2) is 0 Å². The molecule has 0 aliphatic heterocycles. The Balaban J connectivity index is 2.44. The van der Waals surface area contributed by atoms with Gasteiger partial charge < -0.3 is 15.7 Å². The van der Waals surface area contributed by atoms with Crippen molar-refractivity contribution < 1.29 is 9.90 Å². The first-order valence-electron chi connectivity index (χ1n) is 6.23. The molecule has 0 fully saturated rings. The molecule has 1 amide bonds. The van der Waals surface area contributed by atoms with Crippen LogP contribution in [0, 0.1) is 0 Å². The van der Waals surface area contributed by atoms with Crippen molar-refractivity contribution in [3.63, 3.8) is 0 Å². The molecule has 2 unspecified atom stereocenters. The molecular weight excluding hydrogens is 228 g/mol. The van der Waals surface area contributed by atoms with Crippen molar-refractivity contribution in [3.05, 3.63) is 35.9 Å². The van der Waals surface area contributed by atoms with Crippen molar-refractivity contribution >= 4 is 5.91 Å². The van der Waals surface area contributed by atoms with Gasteiger partial charge in [-0.15, -0.1) is 0 Å². The number of nitrogens with two attached hydrogens (primary N) is 1. The molecule has 0 aromatic heterocycles. The average Bonchev–Trinajstić information content (AvgIpc) is 2.36. The Bertz CT molecular complexity index is 365. The van der Waals surface area contributed by atoms with Gasteiger partial charge in [0.05, 0.1) is 6.10 Å². The minimum Gasteiger partial charge on any atom is -0.393 e. The number of aliphatic hydroxyl groups excluding tert-OH is 1. The number of benzene rings is 1. The predicted octanol–water partition coefficient (Wildman–Crippen LogP) is 1.31. The van der Waals surface area contributed by atoms with Gasteiger partial charge in [-0.05, 0) is 18.9 Å². The molecule has 1 aromatic rings. The Hall–Kier alpha value is -1.39. The normalized spacial score (nSPS) is 14.0. The molecule has 100 valence electrons. The van der Waals surface area contributed by atoms with Crippen LogP contribution in [0.25, 0.3) is 0 Å². The number of amides is 1. The molecule has 0 aliphatic rings. The van der Waals surface area contributed by atoms with Gasteiger partial charge in [0.2, 0.25) is 5.91 Å². The molecule has 1 aromatic carbocycles. The predicted molar refractivity (Wildman–Crippen MR) is 71.9 cm³/mol. The van der Waals surface area contributed by atoms with E-state index < -0.39 is 0 Å². The van der Waals surface area contributed by atoms with E-state index in [4.69, 9.17) is 5.73 Å². The maximum Gasteiger partial charge on any atom is 0.224 e. The minimum atomic E-state index is -0.386. The summed E-state index contributed by atoms with van der Waals surface area (Å²) in [7, 11) is 1.74.